The molecule has 0 N–H and O–H groups in total. The molecule has 0 bridgehead atoms. The van der Waals surface area contributed by atoms with Crippen LogP contribution in [0.15, 0.2) is 22.7 Å². The molecule has 0 saturated carbocycles. The van der Waals surface area contributed by atoms with Crippen LogP contribution in [0.4, 0.5) is 0 Å². The van der Waals surface area contributed by atoms with Crippen molar-refractivity contribution in [3.05, 3.63) is 28.2 Å². The zero-order valence-corrected chi connectivity index (χ0v) is 11.9. The molecule has 1 rings (SSSR count). The number of nitrogens with zero attached hydrogens (tertiary/aromatic N) is 1. The molecule has 0 fully saturated rings. The summed E-state index contributed by atoms with van der Waals surface area (Å²) in [5, 5.41) is 8.81. The largest absolute Gasteiger partial charge is 0.491 e. The highest BCUT2D eigenvalue weighted by Gasteiger charge is 2.09. The van der Waals surface area contributed by atoms with Crippen molar-refractivity contribution in [3.8, 4) is 11.8 Å². The number of hydrogen-bond donors (Lipinski definition) is 0. The van der Waals surface area contributed by atoms with Gasteiger partial charge in [-0.2, -0.15) is 5.26 Å². The molecule has 0 aromatic heterocycles. The van der Waals surface area contributed by atoms with Gasteiger partial charge >= 0.3 is 0 Å². The Morgan fingerprint density at radius 2 is 1.94 bits per heavy atom. The maximum atomic E-state index is 8.81. The molecule has 0 aliphatic heterocycles. The van der Waals surface area contributed by atoms with Gasteiger partial charge in [-0.15, -0.1) is 0 Å². The Hall–Kier alpha value is -1.05. The maximum Gasteiger partial charge on any atom is 0.121 e. The van der Waals surface area contributed by atoms with Gasteiger partial charge in [0.15, 0.2) is 0 Å². The number of halogens is 1. The third-order valence-electron chi connectivity index (χ3n) is 1.89. The second-order valence-corrected chi connectivity index (χ2v) is 5.51. The first-order chi connectivity index (χ1) is 7.90. The summed E-state index contributed by atoms with van der Waals surface area (Å²) >= 11 is 3.33. The summed E-state index contributed by atoms with van der Waals surface area (Å²) < 4.78 is 11.9. The van der Waals surface area contributed by atoms with E-state index < -0.39 is 0 Å². The van der Waals surface area contributed by atoms with Gasteiger partial charge in [0.05, 0.1) is 23.8 Å². The van der Waals surface area contributed by atoms with Crippen LogP contribution in [0.25, 0.3) is 0 Å². The summed E-state index contributed by atoms with van der Waals surface area (Å²) in [5.41, 5.74) is 0.421. The summed E-state index contributed by atoms with van der Waals surface area (Å²) in [5.74, 6) is 0.674. The molecule has 4 heteroatoms. The zero-order valence-electron chi connectivity index (χ0n) is 10.3. The van der Waals surface area contributed by atoms with Crippen molar-refractivity contribution < 1.29 is 9.47 Å². The summed E-state index contributed by atoms with van der Waals surface area (Å²) in [6, 6.07) is 7.37. The van der Waals surface area contributed by atoms with E-state index in [0.717, 1.165) is 4.47 Å². The third-order valence-corrected chi connectivity index (χ3v) is 2.35. The summed E-state index contributed by atoms with van der Waals surface area (Å²) in [7, 11) is 0. The van der Waals surface area contributed by atoms with Gasteiger partial charge in [0, 0.05) is 4.47 Å². The number of hydrogen-bond acceptors (Lipinski definition) is 3. The van der Waals surface area contributed by atoms with Crippen LogP contribution in [0.1, 0.15) is 26.3 Å². The maximum absolute atomic E-state index is 8.81. The fourth-order valence-corrected chi connectivity index (χ4v) is 1.69. The molecule has 1 aromatic rings. The van der Waals surface area contributed by atoms with E-state index >= 15 is 0 Å². The average molecular weight is 298 g/mol. The molecular weight excluding hydrogens is 282 g/mol. The van der Waals surface area contributed by atoms with E-state index in [9.17, 15) is 0 Å². The second kappa shape index (κ2) is 6.04. The first kappa shape index (κ1) is 14.0. The average Bonchev–Trinajstić information content (AvgIpc) is 2.22. The predicted octanol–water partition coefficient (Wildman–Crippen LogP) is 3.51. The van der Waals surface area contributed by atoms with Gasteiger partial charge in [-0.25, -0.2) is 0 Å². The Morgan fingerprint density at radius 1 is 1.24 bits per heavy atom. The van der Waals surface area contributed by atoms with E-state index in [1.165, 1.54) is 0 Å². The van der Waals surface area contributed by atoms with Crippen LogP contribution in [0.2, 0.25) is 0 Å². The van der Waals surface area contributed by atoms with Gasteiger partial charge in [0.25, 0.3) is 0 Å². The Morgan fingerprint density at radius 3 is 2.53 bits per heavy atom. The van der Waals surface area contributed by atoms with Gasteiger partial charge in [-0.1, -0.05) is 15.9 Å². The number of rotatable bonds is 4. The smallest absolute Gasteiger partial charge is 0.121 e. The van der Waals surface area contributed by atoms with Crippen molar-refractivity contribution in [1.82, 2.24) is 0 Å². The topological polar surface area (TPSA) is 42.2 Å². The minimum absolute atomic E-state index is 0.154. The fraction of sp³-hybridized carbons (Fsp3) is 0.462. The Bertz CT molecular complexity index is 418. The van der Waals surface area contributed by atoms with Crippen LogP contribution in [-0.4, -0.2) is 18.8 Å². The van der Waals surface area contributed by atoms with E-state index in [-0.39, 0.29) is 5.60 Å². The van der Waals surface area contributed by atoms with Crippen LogP contribution < -0.4 is 4.74 Å². The first-order valence-electron chi connectivity index (χ1n) is 5.38. The molecule has 92 valence electrons. The SMILES string of the molecule is CC(C)(C)OCCOc1cc(Br)cc(C#N)c1. The molecule has 0 saturated heterocycles. The lowest BCUT2D eigenvalue weighted by atomic mass is 10.2. The molecule has 1 aromatic carbocycles. The number of ether oxygens (including phenoxy) is 2. The van der Waals surface area contributed by atoms with Crippen LogP contribution in [0.3, 0.4) is 0 Å². The van der Waals surface area contributed by atoms with E-state index in [0.29, 0.717) is 24.5 Å². The number of nitriles is 1. The Balaban J connectivity index is 2.47. The predicted molar refractivity (Wildman–Crippen MR) is 70.1 cm³/mol. The van der Waals surface area contributed by atoms with Crippen molar-refractivity contribution in [1.29, 1.82) is 5.26 Å². The lowest BCUT2D eigenvalue weighted by Gasteiger charge is -2.19. The zero-order chi connectivity index (χ0) is 12.9. The van der Waals surface area contributed by atoms with Crippen molar-refractivity contribution in [2.24, 2.45) is 0 Å². The van der Waals surface area contributed by atoms with Crippen molar-refractivity contribution in [3.63, 3.8) is 0 Å². The minimum Gasteiger partial charge on any atom is -0.491 e. The van der Waals surface area contributed by atoms with Crippen LogP contribution in [0.5, 0.6) is 5.75 Å². The van der Waals surface area contributed by atoms with Gasteiger partial charge in [-0.3, -0.25) is 0 Å². The standard InChI is InChI=1S/C13H16BrNO2/c1-13(2,3)17-5-4-16-12-7-10(9-15)6-11(14)8-12/h6-8H,4-5H2,1-3H3. The lowest BCUT2D eigenvalue weighted by Crippen LogP contribution is -2.22. The van der Waals surface area contributed by atoms with E-state index in [1.807, 2.05) is 26.8 Å². The fourth-order valence-electron chi connectivity index (χ4n) is 1.22. The molecule has 0 amide bonds. The molecule has 0 aliphatic rings. The highest BCUT2D eigenvalue weighted by atomic mass is 79.9. The van der Waals surface area contributed by atoms with E-state index in [1.54, 1.807) is 12.1 Å². The van der Waals surface area contributed by atoms with Crippen molar-refractivity contribution in [2.45, 2.75) is 26.4 Å². The first-order valence-corrected chi connectivity index (χ1v) is 6.17. The quantitative estimate of drug-likeness (QED) is 0.799. The van der Waals surface area contributed by atoms with Gasteiger partial charge < -0.3 is 9.47 Å². The summed E-state index contributed by atoms with van der Waals surface area (Å²) in [4.78, 5) is 0. The van der Waals surface area contributed by atoms with Gasteiger partial charge in [0.1, 0.15) is 12.4 Å². The normalized spacial score (nSPS) is 11.0. The van der Waals surface area contributed by atoms with E-state index in [4.69, 9.17) is 14.7 Å². The molecule has 0 atom stereocenters. The monoisotopic (exact) mass is 297 g/mol. The second-order valence-electron chi connectivity index (χ2n) is 4.60. The lowest BCUT2D eigenvalue weighted by molar-refractivity contribution is -0.0163. The molecule has 0 spiro atoms. The van der Waals surface area contributed by atoms with Crippen LogP contribution in [-0.2, 0) is 4.74 Å². The summed E-state index contributed by atoms with van der Waals surface area (Å²) in [6.07, 6.45) is 0. The van der Waals surface area contributed by atoms with Crippen molar-refractivity contribution in [2.75, 3.05) is 13.2 Å². The van der Waals surface area contributed by atoms with Gasteiger partial charge in [-0.05, 0) is 39.0 Å². The molecule has 0 radical (unpaired) electrons. The molecular formula is C13H16BrNO2. The Kier molecular flexibility index (Phi) is 4.98. The highest BCUT2D eigenvalue weighted by molar-refractivity contribution is 9.10. The van der Waals surface area contributed by atoms with Crippen LogP contribution >= 0.6 is 15.9 Å². The van der Waals surface area contributed by atoms with Crippen molar-refractivity contribution >= 4 is 15.9 Å². The number of benzene rings is 1. The molecule has 0 heterocycles. The highest BCUT2D eigenvalue weighted by Crippen LogP contribution is 2.21. The van der Waals surface area contributed by atoms with Gasteiger partial charge in [0.2, 0.25) is 0 Å². The Labute approximate surface area is 110 Å². The summed E-state index contributed by atoms with van der Waals surface area (Å²) in [6.45, 7) is 7.00. The van der Waals surface area contributed by atoms with Crippen LogP contribution in [0, 0.1) is 11.3 Å². The molecule has 17 heavy (non-hydrogen) atoms. The molecule has 0 aliphatic carbocycles. The molecule has 0 unspecified atom stereocenters. The van der Waals surface area contributed by atoms with E-state index in [2.05, 4.69) is 22.0 Å². The minimum atomic E-state index is -0.154. The third kappa shape index (κ3) is 5.71. The molecule has 3 nitrogen and oxygen atoms in total.